The van der Waals surface area contributed by atoms with E-state index in [0.717, 1.165) is 25.7 Å². The molecule has 3 aromatic heterocycles. The smallest absolute Gasteiger partial charge is 0.271 e. The number of hydrogen-bond donors (Lipinski definition) is 1. The highest BCUT2D eigenvalue weighted by molar-refractivity contribution is 7.91. The molecule has 2 fully saturated rings. The van der Waals surface area contributed by atoms with Crippen LogP contribution in [0.25, 0.3) is 11.5 Å². The average molecular weight is 445 g/mol. The number of carbonyl (C=O) groups excluding carboxylic acids is 1. The second-order valence-corrected chi connectivity index (χ2v) is 10.4. The molecule has 2 aliphatic rings. The van der Waals surface area contributed by atoms with Gasteiger partial charge in [-0.1, -0.05) is 0 Å². The number of nitrogens with zero attached hydrogens (tertiary/aromatic N) is 7. The highest BCUT2D eigenvalue weighted by atomic mass is 32.2. The lowest BCUT2D eigenvalue weighted by Gasteiger charge is -2.38. The predicted molar refractivity (Wildman–Crippen MR) is 112 cm³/mol. The lowest BCUT2D eigenvalue weighted by Crippen LogP contribution is -2.49. The molecule has 12 heteroatoms. The first-order valence-corrected chi connectivity index (χ1v) is 12.2. The third-order valence-electron chi connectivity index (χ3n) is 6.15. The van der Waals surface area contributed by atoms with Crippen LogP contribution in [0.15, 0.2) is 31.2 Å². The van der Waals surface area contributed by atoms with Crippen LogP contribution in [0.5, 0.6) is 0 Å². The van der Waals surface area contributed by atoms with Gasteiger partial charge in [0.1, 0.15) is 18.3 Å². The Hall–Kier alpha value is -2.86. The molecule has 1 amide bonds. The highest BCUT2D eigenvalue weighted by Gasteiger charge is 2.31. The standard InChI is InChI=1S/C19H24N8O3S/c28-19(16-11-27-17(21-12-22-27)18(24-16)26-6-5-20-13-26)23-14-1-3-15(4-2-14)25-7-9-31(29,30)10-8-25/h5-6,11-15H,1-4,7-10H2,(H,23,28). The Morgan fingerprint density at radius 3 is 2.61 bits per heavy atom. The van der Waals surface area contributed by atoms with Gasteiger partial charge in [-0.25, -0.2) is 27.9 Å². The maximum Gasteiger partial charge on any atom is 0.271 e. The van der Waals surface area contributed by atoms with Gasteiger partial charge in [-0.15, -0.1) is 0 Å². The maximum absolute atomic E-state index is 12.9. The van der Waals surface area contributed by atoms with Crippen molar-refractivity contribution in [2.75, 3.05) is 24.6 Å². The van der Waals surface area contributed by atoms with E-state index in [1.807, 2.05) is 0 Å². The maximum atomic E-state index is 12.9. The predicted octanol–water partition coefficient (Wildman–Crippen LogP) is 0.0814. The van der Waals surface area contributed by atoms with Crippen molar-refractivity contribution in [2.24, 2.45) is 0 Å². The van der Waals surface area contributed by atoms with Crippen molar-refractivity contribution in [1.82, 2.24) is 39.3 Å². The molecular formula is C19H24N8O3S. The molecule has 31 heavy (non-hydrogen) atoms. The van der Waals surface area contributed by atoms with E-state index in [9.17, 15) is 13.2 Å². The number of imidazole rings is 1. The molecule has 164 valence electrons. The molecule has 1 N–H and O–H groups in total. The molecule has 1 aliphatic heterocycles. The summed E-state index contributed by atoms with van der Waals surface area (Å²) in [5, 5.41) is 7.25. The summed E-state index contributed by atoms with van der Waals surface area (Å²) in [6, 6.07) is 0.461. The Morgan fingerprint density at radius 1 is 1.13 bits per heavy atom. The van der Waals surface area contributed by atoms with Crippen LogP contribution >= 0.6 is 0 Å². The minimum atomic E-state index is -2.87. The Kier molecular flexibility index (Phi) is 5.18. The Bertz CT molecular complexity index is 1170. The second kappa shape index (κ2) is 8.00. The summed E-state index contributed by atoms with van der Waals surface area (Å²) in [6.07, 6.45) is 11.6. The molecule has 3 aromatic rings. The topological polar surface area (TPSA) is 127 Å². The van der Waals surface area contributed by atoms with Gasteiger partial charge in [0.05, 0.1) is 17.7 Å². The summed E-state index contributed by atoms with van der Waals surface area (Å²) >= 11 is 0. The number of amides is 1. The van der Waals surface area contributed by atoms with Crippen molar-refractivity contribution >= 4 is 21.4 Å². The van der Waals surface area contributed by atoms with Gasteiger partial charge in [-0.05, 0) is 25.7 Å². The molecule has 1 saturated heterocycles. The summed E-state index contributed by atoms with van der Waals surface area (Å²) in [6.45, 7) is 1.23. The van der Waals surface area contributed by atoms with Gasteiger partial charge in [-0.2, -0.15) is 5.10 Å². The molecule has 4 heterocycles. The SMILES string of the molecule is O=C(NC1CCC(N2CCS(=O)(=O)CC2)CC1)c1cn2ncnc2c(-n2ccnc2)n1. The monoisotopic (exact) mass is 444 g/mol. The first kappa shape index (κ1) is 20.1. The van der Waals surface area contributed by atoms with Crippen LogP contribution in [0.3, 0.4) is 0 Å². The van der Waals surface area contributed by atoms with Gasteiger partial charge in [-0.3, -0.25) is 14.3 Å². The van der Waals surface area contributed by atoms with E-state index in [1.54, 1.807) is 34.0 Å². The lowest BCUT2D eigenvalue weighted by atomic mass is 9.90. The van der Waals surface area contributed by atoms with E-state index < -0.39 is 9.84 Å². The Balaban J connectivity index is 1.24. The third-order valence-corrected chi connectivity index (χ3v) is 7.76. The van der Waals surface area contributed by atoms with Crippen molar-refractivity contribution < 1.29 is 13.2 Å². The van der Waals surface area contributed by atoms with E-state index in [2.05, 4.69) is 30.3 Å². The van der Waals surface area contributed by atoms with Gasteiger partial charge in [0.15, 0.2) is 21.3 Å². The van der Waals surface area contributed by atoms with E-state index >= 15 is 0 Å². The summed E-state index contributed by atoms with van der Waals surface area (Å²) < 4.78 is 26.6. The molecule has 0 unspecified atom stereocenters. The van der Waals surface area contributed by atoms with Gasteiger partial charge < -0.3 is 5.32 Å². The van der Waals surface area contributed by atoms with Crippen molar-refractivity contribution in [1.29, 1.82) is 0 Å². The Labute approximate surface area is 179 Å². The molecule has 1 aliphatic carbocycles. The van der Waals surface area contributed by atoms with Crippen LogP contribution in [0, 0.1) is 0 Å². The van der Waals surface area contributed by atoms with E-state index in [0.29, 0.717) is 30.6 Å². The van der Waals surface area contributed by atoms with Crippen LogP contribution in [-0.4, -0.2) is 85.0 Å². The number of nitrogens with one attached hydrogen (secondary N) is 1. The summed E-state index contributed by atoms with van der Waals surface area (Å²) in [5.74, 6) is 0.747. The van der Waals surface area contributed by atoms with Crippen molar-refractivity contribution in [3.63, 3.8) is 0 Å². The third kappa shape index (κ3) is 4.17. The van der Waals surface area contributed by atoms with Gasteiger partial charge in [0.25, 0.3) is 5.91 Å². The van der Waals surface area contributed by atoms with Crippen LogP contribution < -0.4 is 5.32 Å². The summed E-state index contributed by atoms with van der Waals surface area (Å²) in [7, 11) is -2.87. The van der Waals surface area contributed by atoms with Crippen LogP contribution in [-0.2, 0) is 9.84 Å². The molecule has 0 spiro atoms. The normalized spacial score (nSPS) is 24.3. The fourth-order valence-corrected chi connectivity index (χ4v) is 5.65. The first-order valence-electron chi connectivity index (χ1n) is 10.4. The number of sulfone groups is 1. The minimum absolute atomic E-state index is 0.0715. The molecule has 0 aromatic carbocycles. The number of carbonyl (C=O) groups is 1. The van der Waals surface area contributed by atoms with Crippen LogP contribution in [0.4, 0.5) is 0 Å². The van der Waals surface area contributed by atoms with E-state index in [-0.39, 0.29) is 29.1 Å². The number of aromatic nitrogens is 6. The quantitative estimate of drug-likeness (QED) is 0.599. The largest absolute Gasteiger partial charge is 0.348 e. The first-order chi connectivity index (χ1) is 15.0. The molecule has 0 atom stereocenters. The zero-order valence-corrected chi connectivity index (χ0v) is 17.8. The van der Waals surface area contributed by atoms with Crippen molar-refractivity contribution in [2.45, 2.75) is 37.8 Å². The number of fused-ring (bicyclic) bond motifs is 1. The molecule has 0 bridgehead atoms. The summed E-state index contributed by atoms with van der Waals surface area (Å²) in [5.41, 5.74) is 0.809. The number of hydrogen-bond acceptors (Lipinski definition) is 8. The average Bonchev–Trinajstić information content (AvgIpc) is 3.46. The van der Waals surface area contributed by atoms with E-state index in [4.69, 9.17) is 0 Å². The molecule has 5 rings (SSSR count). The molecule has 11 nitrogen and oxygen atoms in total. The molecule has 1 saturated carbocycles. The van der Waals surface area contributed by atoms with Crippen LogP contribution in [0.1, 0.15) is 36.2 Å². The fraction of sp³-hybridized carbons (Fsp3) is 0.526. The van der Waals surface area contributed by atoms with Crippen molar-refractivity contribution in [3.8, 4) is 5.82 Å². The van der Waals surface area contributed by atoms with Gasteiger partial charge in [0.2, 0.25) is 0 Å². The molecular weight excluding hydrogens is 420 g/mol. The van der Waals surface area contributed by atoms with E-state index in [1.165, 1.54) is 6.33 Å². The van der Waals surface area contributed by atoms with Crippen LogP contribution in [0.2, 0.25) is 0 Å². The zero-order chi connectivity index (χ0) is 21.4. The molecule has 0 radical (unpaired) electrons. The summed E-state index contributed by atoms with van der Waals surface area (Å²) in [4.78, 5) is 28.0. The van der Waals surface area contributed by atoms with Crippen molar-refractivity contribution in [3.05, 3.63) is 36.9 Å². The van der Waals surface area contributed by atoms with Gasteiger partial charge in [0, 0.05) is 37.6 Å². The zero-order valence-electron chi connectivity index (χ0n) is 17.0. The number of rotatable bonds is 4. The highest BCUT2D eigenvalue weighted by Crippen LogP contribution is 2.25. The van der Waals surface area contributed by atoms with Gasteiger partial charge >= 0.3 is 0 Å². The fourth-order valence-electron chi connectivity index (χ4n) is 4.42. The minimum Gasteiger partial charge on any atom is -0.348 e. The second-order valence-electron chi connectivity index (χ2n) is 8.11. The Morgan fingerprint density at radius 2 is 1.90 bits per heavy atom. The lowest BCUT2D eigenvalue weighted by molar-refractivity contribution is 0.0900.